The van der Waals surface area contributed by atoms with Gasteiger partial charge in [-0.15, -0.1) is 0 Å². The predicted octanol–water partition coefficient (Wildman–Crippen LogP) is 4.01. The van der Waals surface area contributed by atoms with Crippen molar-refractivity contribution in [1.82, 2.24) is 19.8 Å². The number of carbonyl (C=O) groups is 2. The summed E-state index contributed by atoms with van der Waals surface area (Å²) in [4.78, 5) is 30.6. The van der Waals surface area contributed by atoms with Crippen LogP contribution in [0.5, 0.6) is 0 Å². The Morgan fingerprint density at radius 2 is 1.90 bits per heavy atom. The van der Waals surface area contributed by atoms with E-state index in [1.165, 1.54) is 6.92 Å². The number of carbonyl (C=O) groups excluding carboxylic acids is 2. The number of benzene rings is 2. The van der Waals surface area contributed by atoms with E-state index >= 15 is 0 Å². The van der Waals surface area contributed by atoms with Crippen molar-refractivity contribution < 1.29 is 9.59 Å². The number of imidazole rings is 1. The van der Waals surface area contributed by atoms with E-state index in [9.17, 15) is 9.59 Å². The van der Waals surface area contributed by atoms with Gasteiger partial charge in [-0.25, -0.2) is 4.98 Å². The van der Waals surface area contributed by atoms with Gasteiger partial charge < -0.3 is 14.8 Å². The van der Waals surface area contributed by atoms with Gasteiger partial charge in [-0.3, -0.25) is 9.59 Å². The lowest BCUT2D eigenvalue weighted by molar-refractivity contribution is -0.130. The smallest absolute Gasteiger partial charge is 0.223 e. The standard InChI is InChI=1S/C24H24N4O2/c1-17(19-7-9-21(10-8-19)27-14-12-25-16-27)26-24(30)15-23-22-6-4-3-5-20(22)11-13-28(23)18(2)29/h3-14,16-17,23H,15H2,1-2H3,(H,26,30)/t17-,23+/m1/s1. The lowest BCUT2D eigenvalue weighted by Crippen LogP contribution is -2.36. The van der Waals surface area contributed by atoms with E-state index in [4.69, 9.17) is 0 Å². The molecule has 1 aliphatic rings. The number of rotatable bonds is 5. The topological polar surface area (TPSA) is 67.2 Å². The number of nitrogens with zero attached hydrogens (tertiary/aromatic N) is 3. The molecule has 4 rings (SSSR count). The largest absolute Gasteiger partial charge is 0.350 e. The molecule has 0 saturated heterocycles. The zero-order valence-corrected chi connectivity index (χ0v) is 17.0. The fraction of sp³-hybridized carbons (Fsp3) is 0.208. The number of nitrogens with one attached hydrogen (secondary N) is 1. The molecule has 152 valence electrons. The number of amides is 2. The Kier molecular flexibility index (Phi) is 5.48. The molecule has 0 aliphatic carbocycles. The van der Waals surface area contributed by atoms with Crippen LogP contribution in [-0.4, -0.2) is 26.3 Å². The third-order valence-corrected chi connectivity index (χ3v) is 5.42. The summed E-state index contributed by atoms with van der Waals surface area (Å²) in [6.07, 6.45) is 9.25. The summed E-state index contributed by atoms with van der Waals surface area (Å²) in [6.45, 7) is 3.48. The highest BCUT2D eigenvalue weighted by molar-refractivity contribution is 5.82. The summed E-state index contributed by atoms with van der Waals surface area (Å²) in [5.41, 5.74) is 4.05. The molecule has 3 aromatic rings. The second kappa shape index (κ2) is 8.37. The summed E-state index contributed by atoms with van der Waals surface area (Å²) in [7, 11) is 0. The number of hydrogen-bond donors (Lipinski definition) is 1. The second-order valence-corrected chi connectivity index (χ2v) is 7.44. The van der Waals surface area contributed by atoms with Gasteiger partial charge in [-0.2, -0.15) is 0 Å². The van der Waals surface area contributed by atoms with Crippen LogP contribution in [-0.2, 0) is 9.59 Å². The highest BCUT2D eigenvalue weighted by Crippen LogP contribution is 2.33. The van der Waals surface area contributed by atoms with Crippen molar-refractivity contribution in [1.29, 1.82) is 0 Å². The quantitative estimate of drug-likeness (QED) is 0.704. The predicted molar refractivity (Wildman–Crippen MR) is 115 cm³/mol. The van der Waals surface area contributed by atoms with Gasteiger partial charge in [0.05, 0.1) is 24.8 Å². The first kappa shape index (κ1) is 19.6. The van der Waals surface area contributed by atoms with Crippen LogP contribution < -0.4 is 5.32 Å². The molecule has 0 fully saturated rings. The Bertz CT molecular complexity index is 1070. The molecule has 0 spiro atoms. The van der Waals surface area contributed by atoms with Gasteiger partial charge in [0.25, 0.3) is 0 Å². The van der Waals surface area contributed by atoms with Crippen molar-refractivity contribution >= 4 is 17.9 Å². The zero-order chi connectivity index (χ0) is 21.1. The van der Waals surface area contributed by atoms with E-state index in [-0.39, 0.29) is 30.3 Å². The maximum Gasteiger partial charge on any atom is 0.223 e. The first-order valence-corrected chi connectivity index (χ1v) is 9.96. The fourth-order valence-corrected chi connectivity index (χ4v) is 3.82. The molecule has 0 radical (unpaired) electrons. The van der Waals surface area contributed by atoms with E-state index in [1.54, 1.807) is 23.6 Å². The van der Waals surface area contributed by atoms with Crippen LogP contribution in [0.3, 0.4) is 0 Å². The minimum absolute atomic E-state index is 0.0818. The first-order valence-electron chi connectivity index (χ1n) is 9.96. The molecule has 2 heterocycles. The molecular weight excluding hydrogens is 376 g/mol. The monoisotopic (exact) mass is 400 g/mol. The van der Waals surface area contributed by atoms with Crippen molar-refractivity contribution in [2.75, 3.05) is 0 Å². The van der Waals surface area contributed by atoms with Crippen LogP contribution in [0.25, 0.3) is 11.8 Å². The zero-order valence-electron chi connectivity index (χ0n) is 17.0. The van der Waals surface area contributed by atoms with E-state index in [0.717, 1.165) is 22.4 Å². The SMILES string of the molecule is CC(=O)N1C=Cc2ccccc2[C@@H]1CC(=O)N[C@H](C)c1ccc(-n2ccnc2)cc1. The van der Waals surface area contributed by atoms with Crippen molar-refractivity contribution in [3.05, 3.63) is 90.1 Å². The molecule has 1 aromatic heterocycles. The van der Waals surface area contributed by atoms with Crippen LogP contribution in [0.4, 0.5) is 0 Å². The molecule has 2 amide bonds. The van der Waals surface area contributed by atoms with E-state index < -0.39 is 0 Å². The third-order valence-electron chi connectivity index (χ3n) is 5.42. The van der Waals surface area contributed by atoms with E-state index in [2.05, 4.69) is 10.3 Å². The minimum atomic E-state index is -0.306. The Balaban J connectivity index is 1.45. The maximum absolute atomic E-state index is 12.8. The fourth-order valence-electron chi connectivity index (χ4n) is 3.82. The number of hydrogen-bond acceptors (Lipinski definition) is 3. The molecule has 6 heteroatoms. The van der Waals surface area contributed by atoms with Gasteiger partial charge in [0, 0.05) is 31.2 Å². The molecular formula is C24H24N4O2. The second-order valence-electron chi connectivity index (χ2n) is 7.44. The molecule has 1 aliphatic heterocycles. The van der Waals surface area contributed by atoms with Gasteiger partial charge in [-0.1, -0.05) is 36.4 Å². The maximum atomic E-state index is 12.8. The molecule has 30 heavy (non-hydrogen) atoms. The summed E-state index contributed by atoms with van der Waals surface area (Å²) in [6, 6.07) is 15.4. The highest BCUT2D eigenvalue weighted by atomic mass is 16.2. The summed E-state index contributed by atoms with van der Waals surface area (Å²) < 4.78 is 1.93. The summed E-state index contributed by atoms with van der Waals surface area (Å²) in [5, 5.41) is 3.07. The van der Waals surface area contributed by atoms with E-state index in [0.29, 0.717) is 0 Å². The van der Waals surface area contributed by atoms with Crippen LogP contribution >= 0.6 is 0 Å². The molecule has 0 saturated carbocycles. The molecule has 2 aromatic carbocycles. The third kappa shape index (κ3) is 4.03. The normalized spacial score (nSPS) is 16.1. The highest BCUT2D eigenvalue weighted by Gasteiger charge is 2.28. The van der Waals surface area contributed by atoms with Gasteiger partial charge in [0.2, 0.25) is 11.8 Å². The van der Waals surface area contributed by atoms with Crippen LogP contribution in [0, 0.1) is 0 Å². The average Bonchev–Trinajstić information content (AvgIpc) is 3.28. The van der Waals surface area contributed by atoms with Crippen molar-refractivity contribution in [3.8, 4) is 5.69 Å². The first-order chi connectivity index (χ1) is 14.5. The number of fused-ring (bicyclic) bond motifs is 1. The average molecular weight is 400 g/mol. The van der Waals surface area contributed by atoms with Crippen molar-refractivity contribution in [2.45, 2.75) is 32.4 Å². The molecule has 0 bridgehead atoms. The lowest BCUT2D eigenvalue weighted by atomic mass is 9.93. The molecule has 0 unspecified atom stereocenters. The summed E-state index contributed by atoms with van der Waals surface area (Å²) in [5.74, 6) is -0.177. The minimum Gasteiger partial charge on any atom is -0.350 e. The van der Waals surface area contributed by atoms with Crippen LogP contribution in [0.15, 0.2) is 73.5 Å². The lowest BCUT2D eigenvalue weighted by Gasteiger charge is -2.32. The Morgan fingerprint density at radius 1 is 1.13 bits per heavy atom. The van der Waals surface area contributed by atoms with Crippen molar-refractivity contribution in [2.24, 2.45) is 0 Å². The van der Waals surface area contributed by atoms with Crippen molar-refractivity contribution in [3.63, 3.8) is 0 Å². The molecule has 6 nitrogen and oxygen atoms in total. The van der Waals surface area contributed by atoms with Crippen LogP contribution in [0.2, 0.25) is 0 Å². The molecule has 2 atom stereocenters. The Hall–Kier alpha value is -3.67. The van der Waals surface area contributed by atoms with Crippen LogP contribution in [0.1, 0.15) is 49.0 Å². The summed E-state index contributed by atoms with van der Waals surface area (Å²) >= 11 is 0. The Labute approximate surface area is 175 Å². The van der Waals surface area contributed by atoms with E-state index in [1.807, 2.05) is 72.3 Å². The van der Waals surface area contributed by atoms with Gasteiger partial charge in [0.15, 0.2) is 0 Å². The number of aromatic nitrogens is 2. The molecule has 1 N–H and O–H groups in total. The van der Waals surface area contributed by atoms with Gasteiger partial charge in [-0.05, 0) is 41.8 Å². The van der Waals surface area contributed by atoms with Gasteiger partial charge in [0.1, 0.15) is 0 Å². The van der Waals surface area contributed by atoms with Gasteiger partial charge >= 0.3 is 0 Å². The Morgan fingerprint density at radius 3 is 2.60 bits per heavy atom.